The van der Waals surface area contributed by atoms with E-state index in [1.807, 2.05) is 0 Å². The predicted molar refractivity (Wildman–Crippen MR) is 68.7 cm³/mol. The van der Waals surface area contributed by atoms with Crippen molar-refractivity contribution >= 4 is 27.8 Å². The van der Waals surface area contributed by atoms with E-state index in [0.717, 1.165) is 4.90 Å². The number of carboxylic acid groups (broad SMARTS) is 1. The first-order valence-electron chi connectivity index (χ1n) is 6.03. The van der Waals surface area contributed by atoms with Gasteiger partial charge in [0, 0.05) is 24.9 Å². The van der Waals surface area contributed by atoms with Gasteiger partial charge < -0.3 is 10.0 Å². The largest absolute Gasteiger partial charge is 0.478 e. The molecule has 1 aromatic carbocycles. The van der Waals surface area contributed by atoms with E-state index in [1.165, 1.54) is 0 Å². The van der Waals surface area contributed by atoms with Gasteiger partial charge in [0.1, 0.15) is 17.2 Å². The molecule has 120 valence electrons. The van der Waals surface area contributed by atoms with Crippen molar-refractivity contribution in [1.82, 2.24) is 0 Å². The lowest BCUT2D eigenvalue weighted by Crippen LogP contribution is -2.28. The summed E-state index contributed by atoms with van der Waals surface area (Å²) < 4.78 is 60.8. The van der Waals surface area contributed by atoms with Gasteiger partial charge in [-0.05, 0) is 6.07 Å². The van der Waals surface area contributed by atoms with E-state index in [0.29, 0.717) is 12.1 Å². The summed E-state index contributed by atoms with van der Waals surface area (Å²) in [7, 11) is -4.82. The minimum Gasteiger partial charge on any atom is -0.478 e. The number of hydrogen-bond donors (Lipinski definition) is 1. The summed E-state index contributed by atoms with van der Waals surface area (Å²) in [6.07, 6.45) is -0.361. The highest BCUT2D eigenvalue weighted by Crippen LogP contribution is 2.31. The number of aromatic carboxylic acids is 1. The fourth-order valence-corrected chi connectivity index (χ4v) is 3.18. The third kappa shape index (κ3) is 3.38. The Labute approximate surface area is 123 Å². The number of anilines is 1. The molecule has 10 heteroatoms. The molecule has 0 spiro atoms. The van der Waals surface area contributed by atoms with Gasteiger partial charge in [-0.1, -0.05) is 0 Å². The Morgan fingerprint density at radius 3 is 2.55 bits per heavy atom. The van der Waals surface area contributed by atoms with Gasteiger partial charge in [0.2, 0.25) is 5.91 Å². The van der Waals surface area contributed by atoms with Gasteiger partial charge in [0.25, 0.3) is 0 Å². The van der Waals surface area contributed by atoms with E-state index >= 15 is 0 Å². The molecule has 1 heterocycles. The summed E-state index contributed by atoms with van der Waals surface area (Å²) in [6, 6.07) is 1.02. The van der Waals surface area contributed by atoms with Gasteiger partial charge in [0.05, 0.1) is 11.4 Å². The number of hydrogen-bond acceptors (Lipinski definition) is 4. The lowest BCUT2D eigenvalue weighted by atomic mass is 10.1. The van der Waals surface area contributed by atoms with Gasteiger partial charge in [-0.25, -0.2) is 13.6 Å². The van der Waals surface area contributed by atoms with Crippen LogP contribution in [0.3, 0.4) is 0 Å². The number of halogens is 3. The van der Waals surface area contributed by atoms with Crippen molar-refractivity contribution in [1.29, 1.82) is 0 Å². The van der Waals surface area contributed by atoms with Crippen molar-refractivity contribution in [3.63, 3.8) is 0 Å². The lowest BCUT2D eigenvalue weighted by Gasteiger charge is -2.19. The van der Waals surface area contributed by atoms with E-state index in [1.54, 1.807) is 0 Å². The quantitative estimate of drug-likeness (QED) is 0.837. The summed E-state index contributed by atoms with van der Waals surface area (Å²) in [5.74, 6) is -6.74. The van der Waals surface area contributed by atoms with Crippen molar-refractivity contribution in [3.8, 4) is 0 Å². The first kappa shape index (κ1) is 16.3. The van der Waals surface area contributed by atoms with E-state index in [-0.39, 0.29) is 13.0 Å². The third-order valence-corrected chi connectivity index (χ3v) is 4.05. The first-order chi connectivity index (χ1) is 10.1. The fourth-order valence-electron chi connectivity index (χ4n) is 2.39. The van der Waals surface area contributed by atoms with Gasteiger partial charge in [-0.3, -0.25) is 4.79 Å². The highest BCUT2D eigenvalue weighted by molar-refractivity contribution is 7.86. The van der Waals surface area contributed by atoms with Gasteiger partial charge >= 0.3 is 16.2 Å². The molecule has 1 atom stereocenters. The molecule has 0 radical (unpaired) electrons. The Bertz CT molecular complexity index is 749. The topological polar surface area (TPSA) is 91.8 Å². The second kappa shape index (κ2) is 5.59. The number of benzene rings is 1. The van der Waals surface area contributed by atoms with Crippen molar-refractivity contribution in [2.75, 3.05) is 17.2 Å². The Hall–Kier alpha value is -2.10. The first-order valence-corrected chi connectivity index (χ1v) is 7.59. The molecule has 1 aliphatic rings. The number of carbonyl (C=O) groups is 2. The minimum atomic E-state index is -4.82. The lowest BCUT2D eigenvalue weighted by molar-refractivity contribution is -0.117. The average molecular weight is 337 g/mol. The molecule has 1 amide bonds. The van der Waals surface area contributed by atoms with Crippen molar-refractivity contribution < 1.29 is 35.8 Å². The molecule has 0 saturated carbocycles. The Balaban J connectivity index is 2.40. The smallest absolute Gasteiger partial charge is 0.340 e. The highest BCUT2D eigenvalue weighted by Gasteiger charge is 2.36. The van der Waals surface area contributed by atoms with Crippen LogP contribution in [0.1, 0.15) is 16.8 Å². The van der Waals surface area contributed by atoms with Crippen LogP contribution in [0.15, 0.2) is 12.1 Å². The van der Waals surface area contributed by atoms with Crippen LogP contribution in [-0.4, -0.2) is 37.7 Å². The zero-order chi connectivity index (χ0) is 16.7. The number of amides is 1. The molecule has 1 unspecified atom stereocenters. The van der Waals surface area contributed by atoms with Crippen molar-refractivity contribution in [3.05, 3.63) is 29.3 Å². The summed E-state index contributed by atoms with van der Waals surface area (Å²) in [5.41, 5.74) is -1.42. The Morgan fingerprint density at radius 2 is 2.00 bits per heavy atom. The third-order valence-electron chi connectivity index (χ3n) is 3.18. The molecule has 1 saturated heterocycles. The van der Waals surface area contributed by atoms with Crippen LogP contribution >= 0.6 is 0 Å². The van der Waals surface area contributed by atoms with E-state index in [9.17, 15) is 30.7 Å². The molecule has 0 aromatic heterocycles. The summed E-state index contributed by atoms with van der Waals surface area (Å²) in [5, 5.41) is 8.98. The second-order valence-corrected chi connectivity index (χ2v) is 6.28. The van der Waals surface area contributed by atoms with E-state index < -0.39 is 56.7 Å². The van der Waals surface area contributed by atoms with Crippen molar-refractivity contribution in [2.24, 2.45) is 5.92 Å². The summed E-state index contributed by atoms with van der Waals surface area (Å²) in [4.78, 5) is 23.7. The molecule has 22 heavy (non-hydrogen) atoms. The highest BCUT2D eigenvalue weighted by atomic mass is 32.3. The zero-order valence-corrected chi connectivity index (χ0v) is 11.7. The number of rotatable bonds is 4. The molecule has 2 rings (SSSR count). The maximum atomic E-state index is 13.6. The number of nitrogens with zero attached hydrogens (tertiary/aromatic N) is 1. The summed E-state index contributed by atoms with van der Waals surface area (Å²) in [6.45, 7) is -0.342. The van der Waals surface area contributed by atoms with Crippen LogP contribution in [0.25, 0.3) is 0 Å². The standard InChI is InChI=1S/C12H10F3NO5S/c13-7-2-8(14)11(12(18)19)9(3-7)16-4-6(1-10(16)17)5-22(15,20)21/h2-3,6H,1,4-5H2,(H,18,19). The van der Waals surface area contributed by atoms with Gasteiger partial charge in [-0.2, -0.15) is 8.42 Å². The molecule has 1 aromatic rings. The van der Waals surface area contributed by atoms with Gasteiger partial charge in [-0.15, -0.1) is 3.89 Å². The van der Waals surface area contributed by atoms with Gasteiger partial charge in [0.15, 0.2) is 0 Å². The molecular weight excluding hydrogens is 327 g/mol. The molecular formula is C12H10F3NO5S. The van der Waals surface area contributed by atoms with Crippen LogP contribution in [0.4, 0.5) is 18.4 Å². The predicted octanol–water partition coefficient (Wildman–Crippen LogP) is 1.32. The van der Waals surface area contributed by atoms with Crippen LogP contribution in [-0.2, 0) is 15.0 Å². The molecule has 6 nitrogen and oxygen atoms in total. The maximum Gasteiger partial charge on any atom is 0.340 e. The minimum absolute atomic E-state index is 0.342. The molecule has 1 N–H and O–H groups in total. The molecule has 0 aliphatic carbocycles. The second-order valence-electron chi connectivity index (χ2n) is 4.87. The zero-order valence-electron chi connectivity index (χ0n) is 10.9. The fraction of sp³-hybridized carbons (Fsp3) is 0.333. The van der Waals surface area contributed by atoms with E-state index in [4.69, 9.17) is 5.11 Å². The Kier molecular flexibility index (Phi) is 4.14. The van der Waals surface area contributed by atoms with Crippen LogP contribution in [0, 0.1) is 17.6 Å². The SMILES string of the molecule is O=C(O)c1c(F)cc(F)cc1N1CC(CS(=O)(=O)F)CC1=O. The molecule has 1 aliphatic heterocycles. The van der Waals surface area contributed by atoms with Crippen molar-refractivity contribution in [2.45, 2.75) is 6.42 Å². The van der Waals surface area contributed by atoms with E-state index in [2.05, 4.69) is 0 Å². The van der Waals surface area contributed by atoms with Crippen LogP contribution in [0.2, 0.25) is 0 Å². The maximum absolute atomic E-state index is 13.6. The van der Waals surface area contributed by atoms with Crippen LogP contribution in [0.5, 0.6) is 0 Å². The molecule has 1 fully saturated rings. The van der Waals surface area contributed by atoms with Crippen LogP contribution < -0.4 is 4.90 Å². The number of carbonyl (C=O) groups excluding carboxylic acids is 1. The normalized spacial score (nSPS) is 18.8. The Morgan fingerprint density at radius 1 is 1.36 bits per heavy atom. The number of carboxylic acids is 1. The summed E-state index contributed by atoms with van der Waals surface area (Å²) >= 11 is 0. The molecule has 0 bridgehead atoms. The average Bonchev–Trinajstić information content (AvgIpc) is 2.65. The monoisotopic (exact) mass is 337 g/mol.